The molecule has 2 unspecified atom stereocenters. The summed E-state index contributed by atoms with van der Waals surface area (Å²) in [5.41, 5.74) is 5.73. The van der Waals surface area contributed by atoms with Gasteiger partial charge >= 0.3 is 5.97 Å². The Morgan fingerprint density at radius 1 is 1.53 bits per heavy atom. The van der Waals surface area contributed by atoms with Crippen LogP contribution < -0.4 is 5.73 Å². The number of carbonyl (C=O) groups excluding carboxylic acids is 2. The molecule has 17 heavy (non-hydrogen) atoms. The van der Waals surface area contributed by atoms with E-state index in [2.05, 4.69) is 0 Å². The van der Waals surface area contributed by atoms with Gasteiger partial charge in [-0.1, -0.05) is 6.92 Å². The number of carbonyl (C=O) groups is 2. The van der Waals surface area contributed by atoms with Crippen molar-refractivity contribution in [3.63, 3.8) is 0 Å². The van der Waals surface area contributed by atoms with Crippen molar-refractivity contribution in [1.82, 2.24) is 4.90 Å². The Kier molecular flexibility index (Phi) is 5.77. The third-order valence-electron chi connectivity index (χ3n) is 2.73. The monoisotopic (exact) mass is 260 g/mol. The van der Waals surface area contributed by atoms with Crippen molar-refractivity contribution >= 4 is 23.6 Å². The second-order valence-corrected chi connectivity index (χ2v) is 5.04. The summed E-state index contributed by atoms with van der Waals surface area (Å²) in [6.45, 7) is 4.53. The minimum absolute atomic E-state index is 0.147. The van der Waals surface area contributed by atoms with Crippen molar-refractivity contribution in [3.05, 3.63) is 0 Å². The molecular weight excluding hydrogens is 240 g/mol. The first-order valence-electron chi connectivity index (χ1n) is 5.92. The number of hydrogen-bond acceptors (Lipinski definition) is 5. The zero-order valence-corrected chi connectivity index (χ0v) is 11.2. The molecule has 0 bridgehead atoms. The number of nitrogens with two attached hydrogens (primary N) is 1. The van der Waals surface area contributed by atoms with E-state index in [1.54, 1.807) is 23.6 Å². The summed E-state index contributed by atoms with van der Waals surface area (Å²) in [7, 11) is 0. The second kappa shape index (κ2) is 6.86. The van der Waals surface area contributed by atoms with Crippen LogP contribution in [0.3, 0.4) is 0 Å². The van der Waals surface area contributed by atoms with Gasteiger partial charge in [-0.25, -0.2) is 4.79 Å². The normalized spacial score (nSPS) is 22.1. The van der Waals surface area contributed by atoms with Gasteiger partial charge in [-0.3, -0.25) is 4.79 Å². The predicted octanol–water partition coefficient (Wildman–Crippen LogP) is 0.231. The Morgan fingerprint density at radius 3 is 2.82 bits per heavy atom. The van der Waals surface area contributed by atoms with Gasteiger partial charge < -0.3 is 15.4 Å². The first kappa shape index (κ1) is 14.3. The molecule has 0 radical (unpaired) electrons. The molecule has 98 valence electrons. The maximum Gasteiger partial charge on any atom is 0.329 e. The van der Waals surface area contributed by atoms with Gasteiger partial charge in [-0.15, -0.1) is 0 Å². The van der Waals surface area contributed by atoms with E-state index in [0.29, 0.717) is 25.3 Å². The zero-order chi connectivity index (χ0) is 12.8. The molecule has 1 heterocycles. The highest BCUT2D eigenvalue weighted by Crippen LogP contribution is 2.18. The minimum atomic E-state index is -0.518. The standard InChI is InChI=1S/C11H20N2O3S/c1-3-8(12)10(14)13-5-6-17-7-9(13)11(15)16-4-2/h8-9H,3-7,12H2,1-2H3. The van der Waals surface area contributed by atoms with E-state index < -0.39 is 12.1 Å². The molecule has 1 fully saturated rings. The van der Waals surface area contributed by atoms with E-state index in [1.165, 1.54) is 0 Å². The molecule has 2 atom stereocenters. The van der Waals surface area contributed by atoms with Crippen molar-refractivity contribution < 1.29 is 14.3 Å². The molecule has 1 aliphatic rings. The summed E-state index contributed by atoms with van der Waals surface area (Å²) >= 11 is 1.66. The molecule has 1 aliphatic heterocycles. The summed E-state index contributed by atoms with van der Waals surface area (Å²) in [6, 6.07) is -0.992. The van der Waals surface area contributed by atoms with Crippen LogP contribution in [0, 0.1) is 0 Å². The minimum Gasteiger partial charge on any atom is -0.464 e. The van der Waals surface area contributed by atoms with Crippen LogP contribution in [0.25, 0.3) is 0 Å². The third-order valence-corrected chi connectivity index (χ3v) is 3.75. The summed E-state index contributed by atoms with van der Waals surface area (Å²) in [4.78, 5) is 25.4. The van der Waals surface area contributed by atoms with Gasteiger partial charge in [0.25, 0.3) is 0 Å². The van der Waals surface area contributed by atoms with E-state index >= 15 is 0 Å². The molecule has 1 rings (SSSR count). The first-order valence-corrected chi connectivity index (χ1v) is 7.07. The fourth-order valence-electron chi connectivity index (χ4n) is 1.69. The van der Waals surface area contributed by atoms with Gasteiger partial charge in [0.15, 0.2) is 0 Å². The number of nitrogens with zero attached hydrogens (tertiary/aromatic N) is 1. The van der Waals surface area contributed by atoms with Crippen molar-refractivity contribution in [1.29, 1.82) is 0 Å². The number of thioether (sulfide) groups is 1. The number of amides is 1. The maximum atomic E-state index is 12.0. The SMILES string of the molecule is CCOC(=O)C1CSCCN1C(=O)C(N)CC. The van der Waals surface area contributed by atoms with E-state index in [-0.39, 0.29) is 11.9 Å². The molecular formula is C11H20N2O3S. The Balaban J connectivity index is 2.71. The number of esters is 1. The molecule has 5 nitrogen and oxygen atoms in total. The van der Waals surface area contributed by atoms with Gasteiger partial charge in [0.2, 0.25) is 5.91 Å². The summed E-state index contributed by atoms with van der Waals surface area (Å²) < 4.78 is 4.99. The zero-order valence-electron chi connectivity index (χ0n) is 10.3. The largest absolute Gasteiger partial charge is 0.464 e. The summed E-state index contributed by atoms with van der Waals surface area (Å²) in [5, 5.41) is 0. The van der Waals surface area contributed by atoms with Crippen LogP contribution >= 0.6 is 11.8 Å². The lowest BCUT2D eigenvalue weighted by molar-refractivity contribution is -0.154. The number of hydrogen-bond donors (Lipinski definition) is 1. The molecule has 6 heteroatoms. The summed E-state index contributed by atoms with van der Waals surface area (Å²) in [5.74, 6) is 0.973. The van der Waals surface area contributed by atoms with Gasteiger partial charge in [0.05, 0.1) is 12.6 Å². The van der Waals surface area contributed by atoms with Crippen LogP contribution in [-0.4, -0.2) is 53.5 Å². The van der Waals surface area contributed by atoms with Crippen LogP contribution in [0.15, 0.2) is 0 Å². The molecule has 2 N–H and O–H groups in total. The Morgan fingerprint density at radius 2 is 2.24 bits per heavy atom. The number of rotatable bonds is 4. The quantitative estimate of drug-likeness (QED) is 0.733. The molecule has 0 spiro atoms. The Bertz CT molecular complexity index is 286. The summed E-state index contributed by atoms with van der Waals surface area (Å²) in [6.07, 6.45) is 0.581. The van der Waals surface area contributed by atoms with Crippen LogP contribution in [0.1, 0.15) is 20.3 Å². The molecule has 0 aromatic carbocycles. The van der Waals surface area contributed by atoms with E-state index in [0.717, 1.165) is 5.75 Å². The lowest BCUT2D eigenvalue weighted by atomic mass is 10.1. The van der Waals surface area contributed by atoms with Crippen molar-refractivity contribution in [2.75, 3.05) is 24.7 Å². The van der Waals surface area contributed by atoms with Crippen LogP contribution in [-0.2, 0) is 14.3 Å². The number of ether oxygens (including phenoxy) is 1. The fraction of sp³-hybridized carbons (Fsp3) is 0.818. The highest BCUT2D eigenvalue weighted by atomic mass is 32.2. The third kappa shape index (κ3) is 3.61. The lowest BCUT2D eigenvalue weighted by Gasteiger charge is -2.35. The van der Waals surface area contributed by atoms with Crippen LogP contribution in [0.4, 0.5) is 0 Å². The Labute approximate surface area is 106 Å². The van der Waals surface area contributed by atoms with Crippen molar-refractivity contribution in [3.8, 4) is 0 Å². The average Bonchev–Trinajstić information content (AvgIpc) is 2.37. The van der Waals surface area contributed by atoms with Gasteiger partial charge in [-0.2, -0.15) is 11.8 Å². The first-order chi connectivity index (χ1) is 8.11. The van der Waals surface area contributed by atoms with Crippen LogP contribution in [0.2, 0.25) is 0 Å². The molecule has 0 aromatic heterocycles. The van der Waals surface area contributed by atoms with E-state index in [1.807, 2.05) is 6.92 Å². The molecule has 0 aliphatic carbocycles. The van der Waals surface area contributed by atoms with E-state index in [4.69, 9.17) is 10.5 Å². The molecule has 1 saturated heterocycles. The Hall–Kier alpha value is -0.750. The maximum absolute atomic E-state index is 12.0. The van der Waals surface area contributed by atoms with Gasteiger partial charge in [0.1, 0.15) is 6.04 Å². The smallest absolute Gasteiger partial charge is 0.329 e. The van der Waals surface area contributed by atoms with Crippen LogP contribution in [0.5, 0.6) is 0 Å². The highest BCUT2D eigenvalue weighted by molar-refractivity contribution is 7.99. The fourth-order valence-corrected chi connectivity index (χ4v) is 2.72. The topological polar surface area (TPSA) is 72.6 Å². The second-order valence-electron chi connectivity index (χ2n) is 3.89. The molecule has 0 aromatic rings. The van der Waals surface area contributed by atoms with Crippen molar-refractivity contribution in [2.45, 2.75) is 32.4 Å². The highest BCUT2D eigenvalue weighted by Gasteiger charge is 2.35. The van der Waals surface area contributed by atoms with E-state index in [9.17, 15) is 9.59 Å². The predicted molar refractivity (Wildman–Crippen MR) is 67.7 cm³/mol. The van der Waals surface area contributed by atoms with Gasteiger partial charge in [-0.05, 0) is 13.3 Å². The molecule has 0 saturated carbocycles. The average molecular weight is 260 g/mol. The molecule has 1 amide bonds. The van der Waals surface area contributed by atoms with Gasteiger partial charge in [0, 0.05) is 18.1 Å². The van der Waals surface area contributed by atoms with Crippen molar-refractivity contribution in [2.24, 2.45) is 5.73 Å². The lowest BCUT2D eigenvalue weighted by Crippen LogP contribution is -2.55.